The van der Waals surface area contributed by atoms with Crippen molar-refractivity contribution in [2.45, 2.75) is 5.41 Å². The second-order valence-electron chi connectivity index (χ2n) is 15.5. The lowest BCUT2D eigenvalue weighted by molar-refractivity contribution is 0.669. The van der Waals surface area contributed by atoms with Gasteiger partial charge in [0.1, 0.15) is 11.2 Å². The van der Waals surface area contributed by atoms with Gasteiger partial charge < -0.3 is 4.42 Å². The van der Waals surface area contributed by atoms with E-state index in [1.54, 1.807) is 0 Å². The minimum absolute atomic E-state index is 0.395. The van der Waals surface area contributed by atoms with Crippen LogP contribution in [-0.2, 0) is 5.41 Å². The third kappa shape index (κ3) is 3.75. The summed E-state index contributed by atoms with van der Waals surface area (Å²) in [6, 6.07) is 72.1. The van der Waals surface area contributed by atoms with Crippen LogP contribution in [0, 0.1) is 0 Å². The van der Waals surface area contributed by atoms with Crippen molar-refractivity contribution in [1.29, 1.82) is 0 Å². The first-order valence-corrected chi connectivity index (χ1v) is 19.5. The summed E-state index contributed by atoms with van der Waals surface area (Å²) in [4.78, 5) is 0. The highest BCUT2D eigenvalue weighted by atomic mass is 16.3. The minimum Gasteiger partial charge on any atom is -0.456 e. The maximum absolute atomic E-state index is 6.45. The summed E-state index contributed by atoms with van der Waals surface area (Å²) in [7, 11) is 0. The van der Waals surface area contributed by atoms with E-state index in [9.17, 15) is 0 Å². The summed E-state index contributed by atoms with van der Waals surface area (Å²) < 4.78 is 6.45. The number of hydrogen-bond donors (Lipinski definition) is 0. The molecule has 0 radical (unpaired) electrons. The molecule has 1 nitrogen and oxygen atoms in total. The van der Waals surface area contributed by atoms with E-state index in [0.29, 0.717) is 0 Å². The van der Waals surface area contributed by atoms with Crippen LogP contribution in [0.5, 0.6) is 0 Å². The quantitative estimate of drug-likeness (QED) is 0.163. The third-order valence-corrected chi connectivity index (χ3v) is 12.9. The molecule has 56 heavy (non-hydrogen) atoms. The molecule has 10 aromatic carbocycles. The van der Waals surface area contributed by atoms with Gasteiger partial charge in [0.15, 0.2) is 0 Å². The van der Waals surface area contributed by atoms with Crippen LogP contribution >= 0.6 is 0 Å². The van der Waals surface area contributed by atoms with Gasteiger partial charge >= 0.3 is 0 Å². The molecule has 1 heterocycles. The van der Waals surface area contributed by atoms with Crippen molar-refractivity contribution in [3.63, 3.8) is 0 Å². The number of hydrogen-bond acceptors (Lipinski definition) is 1. The van der Waals surface area contributed by atoms with E-state index < -0.39 is 5.41 Å². The predicted octanol–water partition coefficient (Wildman–Crippen LogP) is 14.7. The van der Waals surface area contributed by atoms with E-state index in [2.05, 4.69) is 194 Å². The molecule has 0 aliphatic heterocycles. The molecule has 258 valence electrons. The van der Waals surface area contributed by atoms with Crippen LogP contribution in [0.4, 0.5) is 0 Å². The van der Waals surface area contributed by atoms with Crippen molar-refractivity contribution in [2.75, 3.05) is 0 Å². The van der Waals surface area contributed by atoms with E-state index in [0.717, 1.165) is 16.6 Å². The Hall–Kier alpha value is -7.22. The van der Waals surface area contributed by atoms with Crippen molar-refractivity contribution in [1.82, 2.24) is 0 Å². The topological polar surface area (TPSA) is 13.1 Å². The van der Waals surface area contributed by atoms with E-state index in [1.165, 1.54) is 104 Å². The molecule has 0 saturated heterocycles. The van der Waals surface area contributed by atoms with Crippen LogP contribution in [0.15, 0.2) is 199 Å². The zero-order valence-corrected chi connectivity index (χ0v) is 30.4. The van der Waals surface area contributed by atoms with E-state index in [-0.39, 0.29) is 0 Å². The minimum atomic E-state index is -0.395. The van der Waals surface area contributed by atoms with Gasteiger partial charge in [-0.25, -0.2) is 0 Å². The van der Waals surface area contributed by atoms with E-state index >= 15 is 0 Å². The van der Waals surface area contributed by atoms with Gasteiger partial charge in [0.25, 0.3) is 0 Å². The first-order chi connectivity index (χ1) is 27.8. The summed E-state index contributed by atoms with van der Waals surface area (Å²) in [6.07, 6.45) is 0. The Morgan fingerprint density at radius 2 is 0.750 bits per heavy atom. The molecule has 0 unspecified atom stereocenters. The lowest BCUT2D eigenvalue weighted by Gasteiger charge is -2.30. The second kappa shape index (κ2) is 10.9. The Morgan fingerprint density at radius 3 is 1.34 bits per heavy atom. The third-order valence-electron chi connectivity index (χ3n) is 12.9. The van der Waals surface area contributed by atoms with Gasteiger partial charge in [0, 0.05) is 10.8 Å². The Balaban J connectivity index is 1.10. The van der Waals surface area contributed by atoms with Crippen molar-refractivity contribution in [2.24, 2.45) is 0 Å². The summed E-state index contributed by atoms with van der Waals surface area (Å²) in [5, 5.41) is 9.75. The van der Waals surface area contributed by atoms with Gasteiger partial charge in [-0.2, -0.15) is 0 Å². The highest BCUT2D eigenvalue weighted by Crippen LogP contribution is 2.63. The Bertz CT molecular complexity index is 3370. The maximum Gasteiger partial charge on any atom is 0.136 e. The van der Waals surface area contributed by atoms with E-state index in [4.69, 9.17) is 4.42 Å². The molecule has 11 aromatic rings. The monoisotopic (exact) mass is 708 g/mol. The zero-order chi connectivity index (χ0) is 36.5. The van der Waals surface area contributed by atoms with Gasteiger partial charge in [-0.05, 0) is 123 Å². The molecule has 0 fully saturated rings. The van der Waals surface area contributed by atoms with Crippen LogP contribution in [0.1, 0.15) is 22.3 Å². The van der Waals surface area contributed by atoms with Crippen LogP contribution in [0.25, 0.3) is 98.8 Å². The molecular formula is C55H32O. The Kier molecular flexibility index (Phi) is 5.89. The smallest absolute Gasteiger partial charge is 0.136 e. The largest absolute Gasteiger partial charge is 0.456 e. The molecular weight excluding hydrogens is 677 g/mol. The molecule has 0 amide bonds. The molecule has 0 N–H and O–H groups in total. The molecule has 1 heteroatoms. The highest BCUT2D eigenvalue weighted by Gasteiger charge is 2.51. The van der Waals surface area contributed by atoms with Gasteiger partial charge in [-0.3, -0.25) is 0 Å². The maximum atomic E-state index is 6.45. The van der Waals surface area contributed by atoms with Crippen LogP contribution < -0.4 is 0 Å². The molecule has 0 atom stereocenters. The highest BCUT2D eigenvalue weighted by molar-refractivity contribution is 6.24. The molecule has 1 spiro atoms. The first-order valence-electron chi connectivity index (χ1n) is 19.5. The molecule has 1 aromatic heterocycles. The van der Waals surface area contributed by atoms with Crippen molar-refractivity contribution in [3.05, 3.63) is 216 Å². The Labute approximate surface area is 323 Å². The number of fused-ring (bicyclic) bond motifs is 17. The normalized spacial score (nSPS) is 13.5. The fraction of sp³-hybridized carbons (Fsp3) is 0.0182. The molecule has 0 saturated carbocycles. The molecule has 2 aliphatic carbocycles. The van der Waals surface area contributed by atoms with Crippen LogP contribution in [-0.4, -0.2) is 0 Å². The van der Waals surface area contributed by atoms with Gasteiger partial charge in [-0.15, -0.1) is 0 Å². The fourth-order valence-corrected chi connectivity index (χ4v) is 10.7. The molecule has 13 rings (SSSR count). The summed E-state index contributed by atoms with van der Waals surface area (Å²) >= 11 is 0. The molecule has 2 aliphatic rings. The summed E-state index contributed by atoms with van der Waals surface area (Å²) in [6.45, 7) is 0. The zero-order valence-electron chi connectivity index (χ0n) is 30.4. The van der Waals surface area contributed by atoms with Crippen LogP contribution in [0.2, 0.25) is 0 Å². The second-order valence-corrected chi connectivity index (χ2v) is 15.5. The average molecular weight is 709 g/mol. The predicted molar refractivity (Wildman–Crippen MR) is 233 cm³/mol. The lowest BCUT2D eigenvalue weighted by atomic mass is 9.70. The summed E-state index contributed by atoms with van der Waals surface area (Å²) in [5.41, 5.74) is 17.1. The first kappa shape index (κ1) is 30.1. The van der Waals surface area contributed by atoms with Crippen LogP contribution in [0.3, 0.4) is 0 Å². The van der Waals surface area contributed by atoms with Crippen molar-refractivity contribution in [3.8, 4) is 44.5 Å². The van der Waals surface area contributed by atoms with Crippen molar-refractivity contribution >= 4 is 54.3 Å². The van der Waals surface area contributed by atoms with E-state index in [1.807, 2.05) is 0 Å². The van der Waals surface area contributed by atoms with Crippen molar-refractivity contribution < 1.29 is 4.42 Å². The number of benzene rings is 10. The number of furan rings is 1. The molecule has 0 bridgehead atoms. The SMILES string of the molecule is c1ccc2c(c1)-c1ccccc1C21c2ccccc2-c2ccc(-c3c4ccccc4c(-c4ccc5oc6ccc7ccccc7c6c5c4)c4ccccc34)cc21. The average Bonchev–Trinajstić information content (AvgIpc) is 3.89. The van der Waals surface area contributed by atoms with Gasteiger partial charge in [0.05, 0.1) is 5.41 Å². The summed E-state index contributed by atoms with van der Waals surface area (Å²) in [5.74, 6) is 0. The standard InChI is InChI=1S/C55H32O/c1-2-14-36-33(13-1)26-30-51-54(36)45-31-34(27-29-50(45)56-51)52-41-18-3-5-20-43(41)53(44-21-6-4-19-42(44)52)35-25-28-40-39-17-9-12-24-48(39)55(49(40)32-35)46-22-10-7-15-37(46)38-16-8-11-23-47(38)55/h1-32H. The number of rotatable bonds is 2. The fourth-order valence-electron chi connectivity index (χ4n) is 10.7. The Morgan fingerprint density at radius 1 is 0.304 bits per heavy atom. The van der Waals surface area contributed by atoms with Gasteiger partial charge in [-0.1, -0.05) is 170 Å². The lowest BCUT2D eigenvalue weighted by Crippen LogP contribution is -2.25. The van der Waals surface area contributed by atoms with Gasteiger partial charge in [0.2, 0.25) is 0 Å².